The van der Waals surface area contributed by atoms with Gasteiger partial charge in [0.2, 0.25) is 11.8 Å². The number of carbonyl (C=O) groups excluding carboxylic acids is 2. The van der Waals surface area contributed by atoms with Crippen LogP contribution in [0.3, 0.4) is 0 Å². The summed E-state index contributed by atoms with van der Waals surface area (Å²) in [6.07, 6.45) is 1.84. The van der Waals surface area contributed by atoms with E-state index in [-0.39, 0.29) is 17.7 Å². The highest BCUT2D eigenvalue weighted by molar-refractivity contribution is 6.05. The van der Waals surface area contributed by atoms with Gasteiger partial charge in [0.05, 0.1) is 5.41 Å². The van der Waals surface area contributed by atoms with Crippen LogP contribution in [0.25, 0.3) is 0 Å². The Kier molecular flexibility index (Phi) is 4.21. The lowest BCUT2D eigenvalue weighted by atomic mass is 9.78. The molecule has 0 saturated carbocycles. The summed E-state index contributed by atoms with van der Waals surface area (Å²) in [6, 6.07) is 0. The standard InChI is InChI=1S/C14H26N2O2/c1-6-14(15,7-2)9-16-11(17)8-13(5,10(3)4)12(16)18/h10H,6-9,15H2,1-5H3. The highest BCUT2D eigenvalue weighted by Crippen LogP contribution is 2.39. The molecule has 0 aromatic rings. The summed E-state index contributed by atoms with van der Waals surface area (Å²) in [5.74, 6) is 0.0292. The fourth-order valence-electron chi connectivity index (χ4n) is 2.31. The Morgan fingerprint density at radius 1 is 1.33 bits per heavy atom. The van der Waals surface area contributed by atoms with E-state index in [0.29, 0.717) is 13.0 Å². The second-order valence-electron chi connectivity index (χ2n) is 6.10. The second-order valence-corrected chi connectivity index (χ2v) is 6.10. The van der Waals surface area contributed by atoms with Gasteiger partial charge in [-0.2, -0.15) is 0 Å². The molecule has 0 aliphatic carbocycles. The van der Waals surface area contributed by atoms with Crippen molar-refractivity contribution in [3.8, 4) is 0 Å². The predicted molar refractivity (Wildman–Crippen MR) is 71.8 cm³/mol. The van der Waals surface area contributed by atoms with E-state index in [2.05, 4.69) is 0 Å². The summed E-state index contributed by atoms with van der Waals surface area (Å²) in [5.41, 5.74) is 5.21. The normalized spacial score (nSPS) is 25.4. The van der Waals surface area contributed by atoms with Gasteiger partial charge in [0, 0.05) is 18.5 Å². The minimum atomic E-state index is -0.556. The van der Waals surface area contributed by atoms with E-state index in [9.17, 15) is 9.59 Å². The fraction of sp³-hybridized carbons (Fsp3) is 0.857. The molecule has 1 atom stereocenters. The van der Waals surface area contributed by atoms with Gasteiger partial charge in [-0.25, -0.2) is 0 Å². The molecule has 2 amide bonds. The molecule has 2 N–H and O–H groups in total. The maximum absolute atomic E-state index is 12.4. The van der Waals surface area contributed by atoms with E-state index in [1.807, 2.05) is 34.6 Å². The predicted octanol–water partition coefficient (Wildman–Crippen LogP) is 1.93. The number of hydrogen-bond acceptors (Lipinski definition) is 3. The van der Waals surface area contributed by atoms with Gasteiger partial charge in [0.15, 0.2) is 0 Å². The van der Waals surface area contributed by atoms with E-state index in [0.717, 1.165) is 12.8 Å². The van der Waals surface area contributed by atoms with Crippen LogP contribution in [0.4, 0.5) is 0 Å². The second kappa shape index (κ2) is 5.00. The van der Waals surface area contributed by atoms with Crippen LogP contribution in [0.5, 0.6) is 0 Å². The maximum Gasteiger partial charge on any atom is 0.235 e. The first-order valence-electron chi connectivity index (χ1n) is 6.84. The van der Waals surface area contributed by atoms with E-state index in [1.165, 1.54) is 4.90 Å². The minimum Gasteiger partial charge on any atom is -0.324 e. The number of amides is 2. The van der Waals surface area contributed by atoms with Crippen LogP contribution >= 0.6 is 0 Å². The Labute approximate surface area is 110 Å². The number of nitrogens with zero attached hydrogens (tertiary/aromatic N) is 1. The largest absolute Gasteiger partial charge is 0.324 e. The summed E-state index contributed by atoms with van der Waals surface area (Å²) < 4.78 is 0. The third-order valence-corrected chi connectivity index (χ3v) is 4.71. The Balaban J connectivity index is 2.93. The molecule has 1 saturated heterocycles. The Hall–Kier alpha value is -0.900. The van der Waals surface area contributed by atoms with Crippen molar-refractivity contribution in [2.75, 3.05) is 6.54 Å². The summed E-state index contributed by atoms with van der Waals surface area (Å²) in [6.45, 7) is 10.2. The van der Waals surface area contributed by atoms with Gasteiger partial charge in [-0.3, -0.25) is 14.5 Å². The van der Waals surface area contributed by atoms with E-state index in [1.54, 1.807) is 0 Å². The molecule has 1 unspecified atom stereocenters. The molecule has 1 rings (SSSR count). The van der Waals surface area contributed by atoms with Gasteiger partial charge in [0.25, 0.3) is 0 Å². The Morgan fingerprint density at radius 2 is 1.83 bits per heavy atom. The first kappa shape index (κ1) is 15.2. The zero-order valence-electron chi connectivity index (χ0n) is 12.2. The molecule has 18 heavy (non-hydrogen) atoms. The van der Waals surface area contributed by atoms with E-state index < -0.39 is 11.0 Å². The molecule has 0 aromatic heterocycles. The molecule has 0 bridgehead atoms. The van der Waals surface area contributed by atoms with Gasteiger partial charge >= 0.3 is 0 Å². The van der Waals surface area contributed by atoms with Crippen molar-refractivity contribution in [3.05, 3.63) is 0 Å². The average Bonchev–Trinajstić information content (AvgIpc) is 2.54. The average molecular weight is 254 g/mol. The highest BCUT2D eigenvalue weighted by Gasteiger charge is 2.51. The van der Waals surface area contributed by atoms with Gasteiger partial charge in [-0.1, -0.05) is 27.7 Å². The third kappa shape index (κ3) is 2.44. The Morgan fingerprint density at radius 3 is 2.17 bits per heavy atom. The monoisotopic (exact) mass is 254 g/mol. The molecule has 4 heteroatoms. The lowest BCUT2D eigenvalue weighted by Crippen LogP contribution is -2.52. The van der Waals surface area contributed by atoms with Crippen LogP contribution in [0.2, 0.25) is 0 Å². The van der Waals surface area contributed by atoms with Crippen molar-refractivity contribution >= 4 is 11.8 Å². The summed E-state index contributed by atoms with van der Waals surface area (Å²) in [7, 11) is 0. The van der Waals surface area contributed by atoms with Gasteiger partial charge in [-0.05, 0) is 25.7 Å². The lowest BCUT2D eigenvalue weighted by molar-refractivity contribution is -0.143. The first-order chi connectivity index (χ1) is 8.20. The molecular weight excluding hydrogens is 228 g/mol. The minimum absolute atomic E-state index is 0.0563. The number of likely N-dealkylation sites (tertiary alicyclic amines) is 1. The molecule has 0 aromatic carbocycles. The number of hydrogen-bond donors (Lipinski definition) is 1. The van der Waals surface area contributed by atoms with Crippen LogP contribution in [0, 0.1) is 11.3 Å². The maximum atomic E-state index is 12.4. The van der Waals surface area contributed by atoms with Crippen molar-refractivity contribution < 1.29 is 9.59 Å². The van der Waals surface area contributed by atoms with Crippen LogP contribution in [-0.4, -0.2) is 28.8 Å². The number of nitrogens with two attached hydrogens (primary N) is 1. The van der Waals surface area contributed by atoms with Crippen LogP contribution < -0.4 is 5.73 Å². The molecule has 1 aliphatic heterocycles. The number of carbonyl (C=O) groups is 2. The van der Waals surface area contributed by atoms with Crippen molar-refractivity contribution in [1.82, 2.24) is 4.90 Å². The topological polar surface area (TPSA) is 63.4 Å². The smallest absolute Gasteiger partial charge is 0.235 e. The van der Waals surface area contributed by atoms with Crippen molar-refractivity contribution in [1.29, 1.82) is 0 Å². The van der Waals surface area contributed by atoms with Crippen LogP contribution in [0.15, 0.2) is 0 Å². The van der Waals surface area contributed by atoms with Gasteiger partial charge in [-0.15, -0.1) is 0 Å². The molecule has 104 valence electrons. The fourth-order valence-corrected chi connectivity index (χ4v) is 2.31. The Bertz CT molecular complexity index is 348. The van der Waals surface area contributed by atoms with E-state index >= 15 is 0 Å². The molecule has 0 radical (unpaired) electrons. The van der Waals surface area contributed by atoms with Crippen LogP contribution in [0.1, 0.15) is 53.9 Å². The van der Waals surface area contributed by atoms with E-state index in [4.69, 9.17) is 5.73 Å². The summed E-state index contributed by atoms with van der Waals surface area (Å²) >= 11 is 0. The molecule has 4 nitrogen and oxygen atoms in total. The SMILES string of the molecule is CCC(N)(CC)CN1C(=O)CC(C)(C(C)C)C1=O. The van der Waals surface area contributed by atoms with Gasteiger partial charge < -0.3 is 5.73 Å². The quantitative estimate of drug-likeness (QED) is 0.762. The zero-order chi connectivity index (χ0) is 14.1. The molecule has 0 spiro atoms. The molecule has 1 aliphatic rings. The molecule has 1 fully saturated rings. The van der Waals surface area contributed by atoms with Crippen molar-refractivity contribution in [3.63, 3.8) is 0 Å². The molecular formula is C14H26N2O2. The van der Waals surface area contributed by atoms with Crippen molar-refractivity contribution in [2.24, 2.45) is 17.1 Å². The van der Waals surface area contributed by atoms with Crippen molar-refractivity contribution in [2.45, 2.75) is 59.4 Å². The van der Waals surface area contributed by atoms with Gasteiger partial charge in [0.1, 0.15) is 0 Å². The lowest BCUT2D eigenvalue weighted by Gasteiger charge is -2.32. The zero-order valence-corrected chi connectivity index (χ0v) is 12.2. The highest BCUT2D eigenvalue weighted by atomic mass is 16.2. The number of rotatable bonds is 5. The number of imide groups is 1. The first-order valence-corrected chi connectivity index (χ1v) is 6.84. The molecule has 1 heterocycles. The third-order valence-electron chi connectivity index (χ3n) is 4.71. The summed E-state index contributed by atoms with van der Waals surface area (Å²) in [4.78, 5) is 25.9. The summed E-state index contributed by atoms with van der Waals surface area (Å²) in [5, 5.41) is 0. The van der Waals surface area contributed by atoms with Crippen LogP contribution in [-0.2, 0) is 9.59 Å².